The van der Waals surface area contributed by atoms with Crippen LogP contribution in [0.2, 0.25) is 0 Å². The average molecular weight is 288 g/mol. The summed E-state index contributed by atoms with van der Waals surface area (Å²) in [5, 5.41) is 0. The molecule has 1 fully saturated rings. The third-order valence-electron chi connectivity index (χ3n) is 4.49. The highest BCUT2D eigenvalue weighted by Gasteiger charge is 2.45. The third kappa shape index (κ3) is 2.26. The summed E-state index contributed by atoms with van der Waals surface area (Å²) in [5.74, 6) is 1.13. The van der Waals surface area contributed by atoms with Crippen LogP contribution in [-0.2, 0) is 0 Å². The van der Waals surface area contributed by atoms with E-state index in [9.17, 15) is 0 Å². The summed E-state index contributed by atoms with van der Waals surface area (Å²) in [4.78, 5) is 17.5. The molecule has 0 aliphatic heterocycles. The topological polar surface area (TPSA) is 51.6 Å². The van der Waals surface area contributed by atoms with Gasteiger partial charge >= 0.3 is 0 Å². The summed E-state index contributed by atoms with van der Waals surface area (Å²) in [7, 11) is 0. The minimum absolute atomic E-state index is 0.313. The fourth-order valence-electron chi connectivity index (χ4n) is 3.40. The molecule has 0 amide bonds. The largest absolute Gasteiger partial charge is 0.261 e. The van der Waals surface area contributed by atoms with Crippen molar-refractivity contribution >= 4 is 0 Å². The van der Waals surface area contributed by atoms with Gasteiger partial charge in [0, 0.05) is 49.0 Å². The minimum Gasteiger partial charge on any atom is -0.261 e. The van der Waals surface area contributed by atoms with E-state index in [4.69, 9.17) is 0 Å². The molecule has 0 bridgehead atoms. The Labute approximate surface area is 129 Å². The first kappa shape index (κ1) is 13.1. The predicted octanol–water partition coefficient (Wildman–Crippen LogP) is 3.32. The van der Waals surface area contributed by atoms with Crippen molar-refractivity contribution in [1.29, 1.82) is 0 Å². The lowest BCUT2D eigenvalue weighted by Crippen LogP contribution is -2.32. The summed E-state index contributed by atoms with van der Waals surface area (Å²) in [6.45, 7) is 0. The van der Waals surface area contributed by atoms with Gasteiger partial charge in [-0.05, 0) is 17.9 Å². The van der Waals surface area contributed by atoms with Gasteiger partial charge in [0.15, 0.2) is 0 Å². The Morgan fingerprint density at radius 1 is 0.727 bits per heavy atom. The van der Waals surface area contributed by atoms with E-state index in [2.05, 4.69) is 50.3 Å². The van der Waals surface area contributed by atoms with E-state index in [0.29, 0.717) is 17.8 Å². The Morgan fingerprint density at radius 3 is 2.05 bits per heavy atom. The second-order valence-electron chi connectivity index (χ2n) is 5.65. The van der Waals surface area contributed by atoms with Crippen molar-refractivity contribution in [2.45, 2.75) is 24.2 Å². The zero-order valence-electron chi connectivity index (χ0n) is 12.1. The molecule has 4 nitrogen and oxygen atoms in total. The van der Waals surface area contributed by atoms with Gasteiger partial charge in [0.25, 0.3) is 0 Å². The van der Waals surface area contributed by atoms with Gasteiger partial charge in [0.1, 0.15) is 0 Å². The SMILES string of the molecule is c1ccc([C@H]2CC(c3cnccn3)C2c2cnccn2)cc1. The molecule has 1 aromatic carbocycles. The van der Waals surface area contributed by atoms with Crippen LogP contribution in [0.25, 0.3) is 0 Å². The zero-order valence-corrected chi connectivity index (χ0v) is 12.1. The normalized spacial score (nSPS) is 23.7. The van der Waals surface area contributed by atoms with E-state index < -0.39 is 0 Å². The maximum absolute atomic E-state index is 4.54. The Bertz CT molecular complexity index is 685. The molecule has 1 saturated carbocycles. The lowest BCUT2D eigenvalue weighted by molar-refractivity contribution is 0.273. The van der Waals surface area contributed by atoms with E-state index in [1.54, 1.807) is 24.8 Å². The standard InChI is InChI=1S/C18H16N4/c1-2-4-13(5-3-1)14-10-15(16-11-19-6-8-21-16)18(14)17-12-20-7-9-22-17/h1-9,11-12,14-15,18H,10H2/t14-,15?,18?/m1/s1. The van der Waals surface area contributed by atoms with Crippen molar-refractivity contribution in [2.75, 3.05) is 0 Å². The van der Waals surface area contributed by atoms with Crippen molar-refractivity contribution in [1.82, 2.24) is 19.9 Å². The first-order valence-electron chi connectivity index (χ1n) is 7.50. The molecular weight excluding hydrogens is 272 g/mol. The molecule has 4 rings (SSSR count). The third-order valence-corrected chi connectivity index (χ3v) is 4.49. The van der Waals surface area contributed by atoms with Gasteiger partial charge < -0.3 is 0 Å². The quantitative estimate of drug-likeness (QED) is 0.742. The van der Waals surface area contributed by atoms with Crippen LogP contribution in [0.3, 0.4) is 0 Å². The number of aromatic nitrogens is 4. The zero-order chi connectivity index (χ0) is 14.8. The monoisotopic (exact) mass is 288 g/mol. The van der Waals surface area contributed by atoms with E-state index >= 15 is 0 Å². The van der Waals surface area contributed by atoms with Crippen molar-refractivity contribution in [2.24, 2.45) is 0 Å². The fourth-order valence-corrected chi connectivity index (χ4v) is 3.40. The molecule has 0 spiro atoms. The molecular formula is C18H16N4. The smallest absolute Gasteiger partial charge is 0.0630 e. The van der Waals surface area contributed by atoms with Gasteiger partial charge in [-0.15, -0.1) is 0 Å². The van der Waals surface area contributed by atoms with Crippen LogP contribution in [-0.4, -0.2) is 19.9 Å². The lowest BCUT2D eigenvalue weighted by atomic mass is 9.60. The highest BCUT2D eigenvalue weighted by molar-refractivity contribution is 5.34. The molecule has 0 N–H and O–H groups in total. The van der Waals surface area contributed by atoms with E-state index in [-0.39, 0.29) is 0 Å². The van der Waals surface area contributed by atoms with Crippen LogP contribution in [0.4, 0.5) is 0 Å². The van der Waals surface area contributed by atoms with Gasteiger partial charge in [0.05, 0.1) is 11.4 Å². The molecule has 1 aliphatic carbocycles. The molecule has 0 radical (unpaired) electrons. The van der Waals surface area contributed by atoms with Crippen LogP contribution < -0.4 is 0 Å². The number of rotatable bonds is 3. The fraction of sp³-hybridized carbons (Fsp3) is 0.222. The summed E-state index contributed by atoms with van der Waals surface area (Å²) in [5.41, 5.74) is 3.45. The molecule has 3 atom stereocenters. The summed E-state index contributed by atoms with van der Waals surface area (Å²) >= 11 is 0. The van der Waals surface area contributed by atoms with Gasteiger partial charge in [-0.3, -0.25) is 19.9 Å². The molecule has 0 saturated heterocycles. The Balaban J connectivity index is 1.71. The van der Waals surface area contributed by atoms with Gasteiger partial charge in [-0.1, -0.05) is 30.3 Å². The van der Waals surface area contributed by atoms with Gasteiger partial charge in [-0.2, -0.15) is 0 Å². The molecule has 108 valence electrons. The molecule has 2 unspecified atom stereocenters. The highest BCUT2D eigenvalue weighted by Crippen LogP contribution is 2.57. The van der Waals surface area contributed by atoms with Crippen LogP contribution in [0.15, 0.2) is 67.5 Å². The number of hydrogen-bond donors (Lipinski definition) is 0. The van der Waals surface area contributed by atoms with Crippen LogP contribution in [0.5, 0.6) is 0 Å². The second-order valence-corrected chi connectivity index (χ2v) is 5.65. The Kier molecular flexibility index (Phi) is 3.35. The molecule has 2 heterocycles. The van der Waals surface area contributed by atoms with E-state index in [1.165, 1.54) is 5.56 Å². The maximum Gasteiger partial charge on any atom is 0.0630 e. The van der Waals surface area contributed by atoms with Gasteiger partial charge in [-0.25, -0.2) is 0 Å². The van der Waals surface area contributed by atoms with Crippen LogP contribution in [0.1, 0.15) is 41.1 Å². The summed E-state index contributed by atoms with van der Waals surface area (Å²) in [6.07, 6.45) is 11.8. The Morgan fingerprint density at radius 2 is 1.41 bits per heavy atom. The summed E-state index contributed by atoms with van der Waals surface area (Å²) < 4.78 is 0. The van der Waals surface area contributed by atoms with Crippen LogP contribution >= 0.6 is 0 Å². The second kappa shape index (κ2) is 5.64. The number of hydrogen-bond acceptors (Lipinski definition) is 4. The van der Waals surface area contributed by atoms with Crippen molar-refractivity contribution in [3.05, 3.63) is 84.5 Å². The van der Waals surface area contributed by atoms with Crippen LogP contribution in [0, 0.1) is 0 Å². The first-order valence-corrected chi connectivity index (χ1v) is 7.50. The van der Waals surface area contributed by atoms with Crippen molar-refractivity contribution in [3.63, 3.8) is 0 Å². The molecule has 3 aromatic rings. The summed E-state index contributed by atoms with van der Waals surface area (Å²) in [6, 6.07) is 10.6. The molecule has 4 heteroatoms. The van der Waals surface area contributed by atoms with E-state index in [1.807, 2.05) is 12.4 Å². The van der Waals surface area contributed by atoms with Crippen molar-refractivity contribution in [3.8, 4) is 0 Å². The average Bonchev–Trinajstić information content (AvgIpc) is 2.57. The number of nitrogens with zero attached hydrogens (tertiary/aromatic N) is 4. The maximum atomic E-state index is 4.54. The van der Waals surface area contributed by atoms with E-state index in [0.717, 1.165) is 17.8 Å². The van der Waals surface area contributed by atoms with Crippen molar-refractivity contribution < 1.29 is 0 Å². The number of benzene rings is 1. The minimum atomic E-state index is 0.313. The first-order chi connectivity index (χ1) is 10.9. The molecule has 1 aliphatic rings. The highest BCUT2D eigenvalue weighted by atomic mass is 14.8. The predicted molar refractivity (Wildman–Crippen MR) is 83.3 cm³/mol. The lowest BCUT2D eigenvalue weighted by Gasteiger charge is -2.44. The van der Waals surface area contributed by atoms with Gasteiger partial charge in [0.2, 0.25) is 0 Å². The molecule has 22 heavy (non-hydrogen) atoms. The Hall–Kier alpha value is -2.62. The molecule has 2 aromatic heterocycles.